The zero-order chi connectivity index (χ0) is 24.5. The third-order valence-electron chi connectivity index (χ3n) is 5.32. The van der Waals surface area contributed by atoms with Gasteiger partial charge in [0.2, 0.25) is 0 Å². The standard InChI is InChI=1S/C24H24F3N5OS/c1-14(2)12-32-13-30-19-10-28-18(9-20(19)32)21(33)8-15(3)22-11-29-23(34-22)31-17-6-4-16(5-7-17)24(25,26)27/h4-7,9-11,13-15H,8,12H2,1-3H3,(H,29,31). The van der Waals surface area contributed by atoms with Crippen LogP contribution in [0.5, 0.6) is 0 Å². The molecule has 1 unspecified atom stereocenters. The molecule has 4 aromatic rings. The number of hydrogen-bond donors (Lipinski definition) is 1. The monoisotopic (exact) mass is 487 g/mol. The lowest BCUT2D eigenvalue weighted by Gasteiger charge is -2.09. The van der Waals surface area contributed by atoms with Crippen LogP contribution in [0.2, 0.25) is 0 Å². The van der Waals surface area contributed by atoms with Crippen molar-refractivity contribution in [2.45, 2.75) is 45.8 Å². The molecule has 0 bridgehead atoms. The highest BCUT2D eigenvalue weighted by Crippen LogP contribution is 2.33. The van der Waals surface area contributed by atoms with Crippen LogP contribution in [-0.2, 0) is 12.7 Å². The van der Waals surface area contributed by atoms with Gasteiger partial charge in [-0.25, -0.2) is 9.97 Å². The molecule has 3 heterocycles. The number of carbonyl (C=O) groups excluding carboxylic acids is 1. The zero-order valence-electron chi connectivity index (χ0n) is 18.9. The molecule has 4 rings (SSSR count). The maximum atomic E-state index is 12.9. The molecule has 10 heteroatoms. The van der Waals surface area contributed by atoms with Crippen LogP contribution in [-0.4, -0.2) is 25.3 Å². The van der Waals surface area contributed by atoms with Crippen molar-refractivity contribution in [2.75, 3.05) is 5.32 Å². The van der Waals surface area contributed by atoms with E-state index in [2.05, 4.69) is 34.1 Å². The first-order chi connectivity index (χ1) is 16.1. The summed E-state index contributed by atoms with van der Waals surface area (Å²) in [5, 5.41) is 3.56. The van der Waals surface area contributed by atoms with Gasteiger partial charge in [-0.3, -0.25) is 9.78 Å². The number of carbonyl (C=O) groups is 1. The Hall–Kier alpha value is -3.27. The summed E-state index contributed by atoms with van der Waals surface area (Å²) >= 11 is 1.36. The lowest BCUT2D eigenvalue weighted by Crippen LogP contribution is -2.07. The molecule has 0 radical (unpaired) electrons. The maximum Gasteiger partial charge on any atom is 0.416 e. The summed E-state index contributed by atoms with van der Waals surface area (Å²) in [7, 11) is 0. The molecule has 0 aliphatic heterocycles. The molecule has 0 saturated heterocycles. The van der Waals surface area contributed by atoms with Gasteiger partial charge in [0, 0.05) is 29.7 Å². The van der Waals surface area contributed by atoms with Gasteiger partial charge in [0.1, 0.15) is 11.2 Å². The number of fused-ring (bicyclic) bond motifs is 1. The van der Waals surface area contributed by atoms with E-state index >= 15 is 0 Å². The van der Waals surface area contributed by atoms with Crippen LogP contribution in [0.15, 0.2) is 49.1 Å². The fraction of sp³-hybridized carbons (Fsp3) is 0.333. The van der Waals surface area contributed by atoms with E-state index in [-0.39, 0.29) is 18.1 Å². The lowest BCUT2D eigenvalue weighted by atomic mass is 10.0. The minimum atomic E-state index is -4.37. The maximum absolute atomic E-state index is 12.9. The SMILES string of the molecule is CC(C)Cn1cnc2cnc(C(=O)CC(C)c3cnc(Nc4ccc(C(F)(F)F)cc4)s3)cc21. The Labute approximate surface area is 198 Å². The molecule has 1 aromatic carbocycles. The second-order valence-electron chi connectivity index (χ2n) is 8.65. The van der Waals surface area contributed by atoms with Crippen molar-refractivity contribution in [3.8, 4) is 0 Å². The Morgan fingerprint density at radius 1 is 1.09 bits per heavy atom. The molecule has 6 nitrogen and oxygen atoms in total. The van der Waals surface area contributed by atoms with E-state index in [0.29, 0.717) is 22.4 Å². The molecule has 178 valence electrons. The average molecular weight is 488 g/mol. The summed E-state index contributed by atoms with van der Waals surface area (Å²) in [6.07, 6.45) is 0.971. The molecule has 34 heavy (non-hydrogen) atoms. The highest BCUT2D eigenvalue weighted by molar-refractivity contribution is 7.15. The first-order valence-electron chi connectivity index (χ1n) is 10.8. The number of Topliss-reactive ketones (excluding diaryl/α,β-unsaturated/α-hetero) is 1. The topological polar surface area (TPSA) is 72.7 Å². The molecule has 1 N–H and O–H groups in total. The van der Waals surface area contributed by atoms with Gasteiger partial charge in [-0.05, 0) is 42.2 Å². The zero-order valence-corrected chi connectivity index (χ0v) is 19.7. The third kappa shape index (κ3) is 5.44. The van der Waals surface area contributed by atoms with Crippen LogP contribution in [0, 0.1) is 5.92 Å². The van der Waals surface area contributed by atoms with Gasteiger partial charge in [0.05, 0.1) is 23.6 Å². The lowest BCUT2D eigenvalue weighted by molar-refractivity contribution is -0.137. The number of aromatic nitrogens is 4. The van der Waals surface area contributed by atoms with E-state index in [9.17, 15) is 18.0 Å². The van der Waals surface area contributed by atoms with Gasteiger partial charge >= 0.3 is 6.18 Å². The fourth-order valence-corrected chi connectivity index (χ4v) is 4.46. The van der Waals surface area contributed by atoms with Crippen molar-refractivity contribution in [3.63, 3.8) is 0 Å². The normalized spacial score (nSPS) is 12.9. The smallest absolute Gasteiger partial charge is 0.332 e. The Morgan fingerprint density at radius 2 is 1.82 bits per heavy atom. The third-order valence-corrected chi connectivity index (χ3v) is 6.46. The summed E-state index contributed by atoms with van der Waals surface area (Å²) in [4.78, 5) is 26.8. The number of nitrogens with zero attached hydrogens (tertiary/aromatic N) is 4. The van der Waals surface area contributed by atoms with Crippen LogP contribution in [0.25, 0.3) is 11.0 Å². The van der Waals surface area contributed by atoms with E-state index in [1.807, 2.05) is 11.5 Å². The van der Waals surface area contributed by atoms with E-state index in [0.717, 1.165) is 34.6 Å². The van der Waals surface area contributed by atoms with Crippen molar-refractivity contribution in [1.82, 2.24) is 19.5 Å². The number of imidazole rings is 1. The van der Waals surface area contributed by atoms with Crippen LogP contribution in [0.1, 0.15) is 54.0 Å². The van der Waals surface area contributed by atoms with Crippen LogP contribution in [0.4, 0.5) is 24.0 Å². The fourth-order valence-electron chi connectivity index (χ4n) is 3.57. The number of thiazole rings is 1. The summed E-state index contributed by atoms with van der Waals surface area (Å²) in [6, 6.07) is 6.57. The number of rotatable bonds is 8. The van der Waals surface area contributed by atoms with Gasteiger partial charge in [-0.1, -0.05) is 20.8 Å². The minimum absolute atomic E-state index is 0.0719. The summed E-state index contributed by atoms with van der Waals surface area (Å²) in [6.45, 7) is 6.99. The predicted molar refractivity (Wildman–Crippen MR) is 127 cm³/mol. The summed E-state index contributed by atoms with van der Waals surface area (Å²) in [5.74, 6) is 0.282. The Balaban J connectivity index is 1.42. The average Bonchev–Trinajstić information content (AvgIpc) is 3.40. The van der Waals surface area contributed by atoms with Crippen LogP contribution in [0.3, 0.4) is 0 Å². The van der Waals surface area contributed by atoms with Crippen LogP contribution < -0.4 is 5.32 Å². The van der Waals surface area contributed by atoms with Crippen molar-refractivity contribution in [1.29, 1.82) is 0 Å². The van der Waals surface area contributed by atoms with Gasteiger partial charge in [0.25, 0.3) is 0 Å². The number of anilines is 2. The molecule has 0 fully saturated rings. The molecule has 0 amide bonds. The van der Waals surface area contributed by atoms with Gasteiger partial charge in [-0.2, -0.15) is 13.2 Å². The molecule has 0 aliphatic rings. The molecule has 0 saturated carbocycles. The van der Waals surface area contributed by atoms with Crippen molar-refractivity contribution >= 4 is 39.0 Å². The Kier molecular flexibility index (Phi) is 6.70. The number of alkyl halides is 3. The molecule has 1 atom stereocenters. The second-order valence-corrected chi connectivity index (χ2v) is 9.71. The van der Waals surface area contributed by atoms with E-state index in [1.165, 1.54) is 23.5 Å². The number of halogens is 3. The molecule has 0 aliphatic carbocycles. The largest absolute Gasteiger partial charge is 0.416 e. The van der Waals surface area contributed by atoms with E-state index < -0.39 is 11.7 Å². The highest BCUT2D eigenvalue weighted by atomic mass is 32.1. The number of pyridine rings is 1. The van der Waals surface area contributed by atoms with E-state index in [4.69, 9.17) is 0 Å². The molecule has 3 aromatic heterocycles. The molecular formula is C24H24F3N5OS. The van der Waals surface area contributed by atoms with Crippen LogP contribution >= 0.6 is 11.3 Å². The summed E-state index contributed by atoms with van der Waals surface area (Å²) in [5.41, 5.74) is 1.85. The summed E-state index contributed by atoms with van der Waals surface area (Å²) < 4.78 is 40.2. The first kappa shape index (κ1) is 23.9. The Morgan fingerprint density at radius 3 is 2.50 bits per heavy atom. The predicted octanol–water partition coefficient (Wildman–Crippen LogP) is 6.68. The van der Waals surface area contributed by atoms with Crippen molar-refractivity contribution in [2.24, 2.45) is 5.92 Å². The number of benzene rings is 1. The van der Waals surface area contributed by atoms with E-state index in [1.54, 1.807) is 24.8 Å². The quantitative estimate of drug-likeness (QED) is 0.281. The number of ketones is 1. The highest BCUT2D eigenvalue weighted by Gasteiger charge is 2.30. The van der Waals surface area contributed by atoms with Gasteiger partial charge in [0.15, 0.2) is 10.9 Å². The van der Waals surface area contributed by atoms with Gasteiger partial charge < -0.3 is 9.88 Å². The Bertz CT molecular complexity index is 1290. The van der Waals surface area contributed by atoms with Crippen molar-refractivity contribution < 1.29 is 18.0 Å². The van der Waals surface area contributed by atoms with Crippen molar-refractivity contribution in [3.05, 3.63) is 65.2 Å². The first-order valence-corrected chi connectivity index (χ1v) is 11.7. The van der Waals surface area contributed by atoms with Gasteiger partial charge in [-0.15, -0.1) is 11.3 Å². The second kappa shape index (κ2) is 9.54. The minimum Gasteiger partial charge on any atom is -0.332 e. The number of hydrogen-bond acceptors (Lipinski definition) is 6. The molecular weight excluding hydrogens is 463 g/mol. The number of nitrogens with one attached hydrogen (secondary N) is 1. The molecule has 0 spiro atoms.